The monoisotopic (exact) mass is 288 g/mol. The highest BCUT2D eigenvalue weighted by Gasteiger charge is 2.09. The maximum Gasteiger partial charge on any atom is 0.337 e. The number of carboxylic acid groups (broad SMARTS) is 1. The Morgan fingerprint density at radius 2 is 1.90 bits per heavy atom. The van der Waals surface area contributed by atoms with Gasteiger partial charge in [0.05, 0.1) is 22.0 Å². The molecule has 4 nitrogen and oxygen atoms in total. The molecule has 0 atom stereocenters. The van der Waals surface area contributed by atoms with E-state index >= 15 is 0 Å². The van der Waals surface area contributed by atoms with Gasteiger partial charge >= 0.3 is 5.97 Å². The van der Waals surface area contributed by atoms with Crippen LogP contribution in [0.25, 0.3) is 0 Å². The molecule has 0 spiro atoms. The summed E-state index contributed by atoms with van der Waals surface area (Å²) in [5.74, 6) is -1.07. The zero-order chi connectivity index (χ0) is 14.5. The first-order valence-corrected chi connectivity index (χ1v) is 6.34. The van der Waals surface area contributed by atoms with Crippen LogP contribution in [0.5, 0.6) is 0 Å². The van der Waals surface area contributed by atoms with Gasteiger partial charge in [-0.05, 0) is 30.7 Å². The first-order chi connectivity index (χ1) is 9.58. The van der Waals surface area contributed by atoms with E-state index in [4.69, 9.17) is 16.7 Å². The Hall–Kier alpha value is -2.33. The van der Waals surface area contributed by atoms with Crippen molar-refractivity contribution in [1.82, 2.24) is 0 Å². The molecular weight excluding hydrogens is 276 g/mol. The van der Waals surface area contributed by atoms with Gasteiger partial charge < -0.3 is 5.11 Å². The average molecular weight is 289 g/mol. The molecule has 102 valence electrons. The third kappa shape index (κ3) is 3.36. The molecule has 0 saturated carbocycles. The lowest BCUT2D eigenvalue weighted by molar-refractivity contribution is 0.0697. The van der Waals surface area contributed by atoms with Gasteiger partial charge in [0.25, 0.3) is 0 Å². The van der Waals surface area contributed by atoms with Crippen LogP contribution in [0.3, 0.4) is 0 Å². The van der Waals surface area contributed by atoms with Gasteiger partial charge in [-0.1, -0.05) is 41.9 Å². The van der Waals surface area contributed by atoms with Crippen LogP contribution in [0.1, 0.15) is 22.8 Å². The molecule has 0 heterocycles. The molecule has 20 heavy (non-hydrogen) atoms. The number of aromatic carboxylic acids is 1. The summed E-state index contributed by atoms with van der Waals surface area (Å²) in [6.45, 7) is 1.87. The number of nitrogens with zero attached hydrogens (tertiary/aromatic N) is 1. The Morgan fingerprint density at radius 1 is 1.20 bits per heavy atom. The average Bonchev–Trinajstić information content (AvgIpc) is 2.46. The minimum atomic E-state index is -1.07. The van der Waals surface area contributed by atoms with Gasteiger partial charge in [-0.15, -0.1) is 0 Å². The quantitative estimate of drug-likeness (QED) is 0.663. The minimum absolute atomic E-state index is 0.0456. The molecule has 0 aliphatic rings. The van der Waals surface area contributed by atoms with Crippen molar-refractivity contribution >= 4 is 29.0 Å². The number of carbonyl (C=O) groups is 1. The van der Waals surface area contributed by atoms with Crippen LogP contribution in [0.4, 0.5) is 5.69 Å². The Kier molecular flexibility index (Phi) is 4.38. The van der Waals surface area contributed by atoms with Gasteiger partial charge in [0, 0.05) is 0 Å². The first-order valence-electron chi connectivity index (χ1n) is 5.96. The second kappa shape index (κ2) is 6.21. The lowest BCUT2D eigenvalue weighted by Gasteiger charge is -2.05. The fourth-order valence-electron chi connectivity index (χ4n) is 1.65. The normalized spacial score (nSPS) is 11.2. The zero-order valence-electron chi connectivity index (χ0n) is 10.8. The fourth-order valence-corrected chi connectivity index (χ4v) is 1.85. The maximum absolute atomic E-state index is 11.0. The largest absolute Gasteiger partial charge is 0.478 e. The standard InChI is InChI=1S/C15H13ClN2O2/c1-10(11-5-3-2-4-6-11)17-18-12-7-8-14(16)13(9-12)15(19)20/h2-9,18H,1H3,(H,19,20)/b17-10+. The van der Waals surface area contributed by atoms with Gasteiger partial charge in [0.1, 0.15) is 0 Å². The predicted octanol–water partition coefficient (Wildman–Crippen LogP) is 3.87. The van der Waals surface area contributed by atoms with E-state index in [1.54, 1.807) is 6.07 Å². The molecule has 0 bridgehead atoms. The van der Waals surface area contributed by atoms with Crippen molar-refractivity contribution in [3.05, 3.63) is 64.7 Å². The van der Waals surface area contributed by atoms with Crippen LogP contribution in [-0.2, 0) is 0 Å². The summed E-state index contributed by atoms with van der Waals surface area (Å²) in [6, 6.07) is 14.3. The number of anilines is 1. The van der Waals surface area contributed by atoms with Crippen LogP contribution in [0, 0.1) is 0 Å². The molecule has 0 aliphatic carbocycles. The highest BCUT2D eigenvalue weighted by atomic mass is 35.5. The van der Waals surface area contributed by atoms with E-state index in [2.05, 4.69) is 10.5 Å². The van der Waals surface area contributed by atoms with Crippen molar-refractivity contribution in [2.45, 2.75) is 6.92 Å². The third-order valence-corrected chi connectivity index (χ3v) is 3.07. The summed E-state index contributed by atoms with van der Waals surface area (Å²) in [4.78, 5) is 11.0. The van der Waals surface area contributed by atoms with Crippen molar-refractivity contribution in [1.29, 1.82) is 0 Å². The molecule has 2 aromatic rings. The fraction of sp³-hybridized carbons (Fsp3) is 0.0667. The van der Waals surface area contributed by atoms with Crippen LogP contribution >= 0.6 is 11.6 Å². The molecule has 2 N–H and O–H groups in total. The molecule has 0 saturated heterocycles. The van der Waals surface area contributed by atoms with Crippen molar-refractivity contribution in [2.24, 2.45) is 5.10 Å². The zero-order valence-corrected chi connectivity index (χ0v) is 11.6. The molecule has 0 unspecified atom stereocenters. The molecule has 2 aromatic carbocycles. The van der Waals surface area contributed by atoms with E-state index in [0.29, 0.717) is 5.69 Å². The predicted molar refractivity (Wildman–Crippen MR) is 80.7 cm³/mol. The highest BCUT2D eigenvalue weighted by molar-refractivity contribution is 6.33. The minimum Gasteiger partial charge on any atom is -0.478 e. The van der Waals surface area contributed by atoms with Crippen LogP contribution in [-0.4, -0.2) is 16.8 Å². The summed E-state index contributed by atoms with van der Waals surface area (Å²) in [5, 5.41) is 13.4. The Bertz CT molecular complexity index is 654. The summed E-state index contributed by atoms with van der Waals surface area (Å²) in [7, 11) is 0. The van der Waals surface area contributed by atoms with Crippen LogP contribution in [0.2, 0.25) is 5.02 Å². The molecule has 0 radical (unpaired) electrons. The van der Waals surface area contributed by atoms with Crippen LogP contribution < -0.4 is 5.43 Å². The summed E-state index contributed by atoms with van der Waals surface area (Å²) in [6.07, 6.45) is 0. The van der Waals surface area contributed by atoms with E-state index in [0.717, 1.165) is 11.3 Å². The number of hydrazone groups is 1. The maximum atomic E-state index is 11.0. The van der Waals surface area contributed by atoms with E-state index in [9.17, 15) is 4.79 Å². The van der Waals surface area contributed by atoms with Crippen molar-refractivity contribution in [3.8, 4) is 0 Å². The molecule has 0 aromatic heterocycles. The molecule has 2 rings (SSSR count). The van der Waals surface area contributed by atoms with E-state index < -0.39 is 5.97 Å². The smallest absolute Gasteiger partial charge is 0.337 e. The van der Waals surface area contributed by atoms with Crippen molar-refractivity contribution in [2.75, 3.05) is 5.43 Å². The van der Waals surface area contributed by atoms with Gasteiger partial charge in [0.15, 0.2) is 0 Å². The molecule has 0 aliphatic heterocycles. The number of halogens is 1. The Labute approximate surface area is 121 Å². The lowest BCUT2D eigenvalue weighted by Crippen LogP contribution is -2.02. The van der Waals surface area contributed by atoms with E-state index in [-0.39, 0.29) is 10.6 Å². The van der Waals surface area contributed by atoms with E-state index in [1.807, 2.05) is 37.3 Å². The molecule has 5 heteroatoms. The van der Waals surface area contributed by atoms with Gasteiger partial charge in [0.2, 0.25) is 0 Å². The summed E-state index contributed by atoms with van der Waals surface area (Å²) >= 11 is 5.81. The number of benzene rings is 2. The number of hydrogen-bond acceptors (Lipinski definition) is 3. The van der Waals surface area contributed by atoms with Gasteiger partial charge in [-0.3, -0.25) is 5.43 Å². The van der Waals surface area contributed by atoms with Crippen molar-refractivity contribution in [3.63, 3.8) is 0 Å². The highest BCUT2D eigenvalue weighted by Crippen LogP contribution is 2.20. The number of rotatable bonds is 4. The second-order valence-electron chi connectivity index (χ2n) is 4.17. The Morgan fingerprint density at radius 3 is 2.55 bits per heavy atom. The van der Waals surface area contributed by atoms with Gasteiger partial charge in [-0.25, -0.2) is 4.79 Å². The number of nitrogens with one attached hydrogen (secondary N) is 1. The number of carboxylic acids is 1. The second-order valence-corrected chi connectivity index (χ2v) is 4.58. The topological polar surface area (TPSA) is 61.7 Å². The summed E-state index contributed by atoms with van der Waals surface area (Å²) < 4.78 is 0. The third-order valence-electron chi connectivity index (χ3n) is 2.74. The lowest BCUT2D eigenvalue weighted by atomic mass is 10.1. The molecule has 0 amide bonds. The SMILES string of the molecule is C/C(=N\Nc1ccc(Cl)c(C(=O)O)c1)c1ccccc1. The first kappa shape index (κ1) is 14.1. The Balaban J connectivity index is 2.19. The molecule has 0 fully saturated rings. The summed E-state index contributed by atoms with van der Waals surface area (Å²) in [5.41, 5.74) is 5.24. The van der Waals surface area contributed by atoms with Crippen LogP contribution in [0.15, 0.2) is 53.6 Å². The number of hydrogen-bond donors (Lipinski definition) is 2. The van der Waals surface area contributed by atoms with E-state index in [1.165, 1.54) is 12.1 Å². The van der Waals surface area contributed by atoms with Crippen molar-refractivity contribution < 1.29 is 9.90 Å². The van der Waals surface area contributed by atoms with Gasteiger partial charge in [-0.2, -0.15) is 5.10 Å². The molecular formula is C15H13ClN2O2.